The van der Waals surface area contributed by atoms with Crippen LogP contribution in [0.4, 0.5) is 5.69 Å². The van der Waals surface area contributed by atoms with Gasteiger partial charge in [-0.3, -0.25) is 9.59 Å². The fraction of sp³-hybridized carbons (Fsp3) is 0.167. The second-order valence-corrected chi connectivity index (χ2v) is 6.76. The molecular formula is C18H19N5O2S. The number of aromatic nitrogens is 1. The molecule has 8 heteroatoms. The fourth-order valence-electron chi connectivity index (χ4n) is 2.69. The lowest BCUT2D eigenvalue weighted by Crippen LogP contribution is -2.24. The van der Waals surface area contributed by atoms with Crippen LogP contribution in [0.1, 0.15) is 23.8 Å². The third-order valence-electron chi connectivity index (χ3n) is 3.88. The minimum atomic E-state index is -0.235. The minimum Gasteiger partial charge on any atom is -0.370 e. The molecule has 2 heterocycles. The third-order valence-corrected chi connectivity index (χ3v) is 4.85. The number of thiophene rings is 1. The Morgan fingerprint density at radius 2 is 2.12 bits per heavy atom. The number of nitrogens with one attached hydrogen (secondary N) is 2. The number of aromatic amines is 1. The number of anilines is 1. The van der Waals surface area contributed by atoms with E-state index in [1.165, 1.54) is 0 Å². The Morgan fingerprint density at radius 3 is 2.85 bits per heavy atom. The monoisotopic (exact) mass is 369 g/mol. The third kappa shape index (κ3) is 4.28. The Morgan fingerprint density at radius 1 is 1.27 bits per heavy atom. The molecule has 1 atom stereocenters. The molecule has 134 valence electrons. The van der Waals surface area contributed by atoms with Gasteiger partial charge in [0.05, 0.1) is 6.04 Å². The van der Waals surface area contributed by atoms with Gasteiger partial charge in [0.25, 0.3) is 5.56 Å². The zero-order valence-corrected chi connectivity index (χ0v) is 14.8. The molecule has 26 heavy (non-hydrogen) atoms. The number of benzene rings is 1. The minimum absolute atomic E-state index is 0.00330. The molecule has 0 bridgehead atoms. The highest BCUT2D eigenvalue weighted by Crippen LogP contribution is 2.27. The first-order chi connectivity index (χ1) is 12.5. The zero-order valence-electron chi connectivity index (χ0n) is 13.9. The van der Waals surface area contributed by atoms with Crippen molar-refractivity contribution in [3.63, 3.8) is 0 Å². The van der Waals surface area contributed by atoms with Crippen LogP contribution in [0.2, 0.25) is 0 Å². The molecule has 0 saturated heterocycles. The number of hydrogen-bond donors (Lipinski definition) is 4. The predicted molar refractivity (Wildman–Crippen MR) is 105 cm³/mol. The van der Waals surface area contributed by atoms with Gasteiger partial charge in [0.15, 0.2) is 5.96 Å². The van der Waals surface area contributed by atoms with E-state index in [4.69, 9.17) is 11.5 Å². The van der Waals surface area contributed by atoms with Crippen LogP contribution in [0.15, 0.2) is 57.8 Å². The number of fused-ring (bicyclic) bond motifs is 1. The molecule has 0 aliphatic heterocycles. The average molecular weight is 369 g/mol. The summed E-state index contributed by atoms with van der Waals surface area (Å²) in [7, 11) is 0. The lowest BCUT2D eigenvalue weighted by molar-refractivity contribution is -0.116. The lowest BCUT2D eigenvalue weighted by atomic mass is 10.1. The Bertz CT molecular complexity index is 990. The van der Waals surface area contributed by atoms with Crippen molar-refractivity contribution in [2.75, 3.05) is 5.32 Å². The first kappa shape index (κ1) is 17.7. The van der Waals surface area contributed by atoms with Crippen molar-refractivity contribution in [3.05, 3.63) is 63.2 Å². The number of carbonyl (C=O) groups is 1. The highest BCUT2D eigenvalue weighted by atomic mass is 32.1. The number of aliphatic imine (C=N–C) groups is 1. The maximum absolute atomic E-state index is 12.3. The molecule has 6 N–H and O–H groups in total. The summed E-state index contributed by atoms with van der Waals surface area (Å²) in [5, 5.41) is 6.14. The summed E-state index contributed by atoms with van der Waals surface area (Å²) in [6.45, 7) is 0. The number of rotatable bonds is 6. The number of carbonyl (C=O) groups excluding carboxylic acids is 1. The molecular weight excluding hydrogens is 350 g/mol. The van der Waals surface area contributed by atoms with Gasteiger partial charge >= 0.3 is 0 Å². The molecule has 0 aliphatic carbocycles. The number of nitrogens with zero attached hydrogens (tertiary/aromatic N) is 1. The van der Waals surface area contributed by atoms with E-state index in [1.807, 2.05) is 17.5 Å². The average Bonchev–Trinajstić information content (AvgIpc) is 3.13. The molecule has 1 unspecified atom stereocenters. The number of amides is 1. The SMILES string of the molecule is NC(N)=NC(CCC(=O)Nc1ccc2c(=O)[nH]ccc2c1)c1cccs1. The molecule has 0 saturated carbocycles. The molecule has 2 aromatic heterocycles. The van der Waals surface area contributed by atoms with Crippen LogP contribution in [-0.2, 0) is 4.79 Å². The molecule has 0 spiro atoms. The first-order valence-corrected chi connectivity index (χ1v) is 8.94. The van der Waals surface area contributed by atoms with Gasteiger partial charge in [-0.2, -0.15) is 0 Å². The molecule has 0 aliphatic rings. The van der Waals surface area contributed by atoms with Gasteiger partial charge in [-0.05, 0) is 47.5 Å². The van der Waals surface area contributed by atoms with Gasteiger partial charge in [0, 0.05) is 28.6 Å². The molecule has 3 rings (SSSR count). The maximum Gasteiger partial charge on any atom is 0.255 e. The number of hydrogen-bond acceptors (Lipinski definition) is 4. The zero-order chi connectivity index (χ0) is 18.5. The van der Waals surface area contributed by atoms with E-state index >= 15 is 0 Å². The van der Waals surface area contributed by atoms with Crippen molar-refractivity contribution in [3.8, 4) is 0 Å². The smallest absolute Gasteiger partial charge is 0.255 e. The van der Waals surface area contributed by atoms with E-state index in [1.54, 1.807) is 41.8 Å². The summed E-state index contributed by atoms with van der Waals surface area (Å²) in [5.41, 5.74) is 11.5. The molecule has 1 aromatic carbocycles. The molecule has 3 aromatic rings. The fourth-order valence-corrected chi connectivity index (χ4v) is 3.49. The van der Waals surface area contributed by atoms with Crippen molar-refractivity contribution in [2.24, 2.45) is 16.5 Å². The van der Waals surface area contributed by atoms with Crippen molar-refractivity contribution < 1.29 is 4.79 Å². The van der Waals surface area contributed by atoms with Gasteiger partial charge in [-0.15, -0.1) is 11.3 Å². The summed E-state index contributed by atoms with van der Waals surface area (Å²) in [6, 6.07) is 10.6. The number of pyridine rings is 1. The van der Waals surface area contributed by atoms with Gasteiger partial charge < -0.3 is 21.8 Å². The van der Waals surface area contributed by atoms with Crippen LogP contribution >= 0.6 is 11.3 Å². The highest BCUT2D eigenvalue weighted by Gasteiger charge is 2.14. The van der Waals surface area contributed by atoms with Gasteiger partial charge in [-0.1, -0.05) is 6.07 Å². The van der Waals surface area contributed by atoms with Gasteiger partial charge in [0.1, 0.15) is 0 Å². The standard InChI is InChI=1S/C18H19N5O2S/c19-18(20)23-14(15-2-1-9-26-15)5-6-16(24)22-12-3-4-13-11(10-12)7-8-21-17(13)25/h1-4,7-10,14H,5-6H2,(H,21,25)(H,22,24)(H4,19,20,23). The van der Waals surface area contributed by atoms with Crippen LogP contribution in [0, 0.1) is 0 Å². The van der Waals surface area contributed by atoms with E-state index in [-0.39, 0.29) is 29.9 Å². The van der Waals surface area contributed by atoms with E-state index < -0.39 is 0 Å². The molecule has 1 amide bonds. The molecule has 7 nitrogen and oxygen atoms in total. The summed E-state index contributed by atoms with van der Waals surface area (Å²) < 4.78 is 0. The lowest BCUT2D eigenvalue weighted by Gasteiger charge is -2.11. The van der Waals surface area contributed by atoms with Crippen molar-refractivity contribution in [1.82, 2.24) is 4.98 Å². The quantitative estimate of drug-likeness (QED) is 0.393. The summed E-state index contributed by atoms with van der Waals surface area (Å²) in [5.74, 6) is -0.134. The Balaban J connectivity index is 1.66. The maximum atomic E-state index is 12.3. The second kappa shape index (κ2) is 7.83. The molecule has 0 fully saturated rings. The Hall–Kier alpha value is -3.13. The highest BCUT2D eigenvalue weighted by molar-refractivity contribution is 7.10. The topological polar surface area (TPSA) is 126 Å². The van der Waals surface area contributed by atoms with Gasteiger partial charge in [-0.25, -0.2) is 4.99 Å². The molecule has 0 radical (unpaired) electrons. The van der Waals surface area contributed by atoms with Crippen LogP contribution < -0.4 is 22.3 Å². The van der Waals surface area contributed by atoms with E-state index in [0.717, 1.165) is 10.3 Å². The second-order valence-electron chi connectivity index (χ2n) is 5.78. The number of H-pyrrole nitrogens is 1. The van der Waals surface area contributed by atoms with Crippen molar-refractivity contribution in [2.45, 2.75) is 18.9 Å². The number of guanidine groups is 1. The van der Waals surface area contributed by atoms with Crippen molar-refractivity contribution >= 4 is 39.7 Å². The summed E-state index contributed by atoms with van der Waals surface area (Å²) >= 11 is 1.55. The van der Waals surface area contributed by atoms with Crippen LogP contribution in [0.3, 0.4) is 0 Å². The Kier molecular flexibility index (Phi) is 5.33. The van der Waals surface area contributed by atoms with E-state index in [2.05, 4.69) is 15.3 Å². The van der Waals surface area contributed by atoms with Crippen molar-refractivity contribution in [1.29, 1.82) is 0 Å². The summed E-state index contributed by atoms with van der Waals surface area (Å²) in [6.07, 6.45) is 2.35. The summed E-state index contributed by atoms with van der Waals surface area (Å²) in [4.78, 5) is 31.8. The number of nitrogens with two attached hydrogens (primary N) is 2. The van der Waals surface area contributed by atoms with E-state index in [9.17, 15) is 9.59 Å². The predicted octanol–water partition coefficient (Wildman–Crippen LogP) is 2.32. The Labute approximate surface area is 153 Å². The largest absolute Gasteiger partial charge is 0.370 e. The van der Waals surface area contributed by atoms with Crippen LogP contribution in [-0.4, -0.2) is 16.9 Å². The van der Waals surface area contributed by atoms with Gasteiger partial charge in [0.2, 0.25) is 5.91 Å². The first-order valence-electron chi connectivity index (χ1n) is 8.06. The van der Waals surface area contributed by atoms with Crippen LogP contribution in [0.25, 0.3) is 10.8 Å². The van der Waals surface area contributed by atoms with Crippen LogP contribution in [0.5, 0.6) is 0 Å². The van der Waals surface area contributed by atoms with E-state index in [0.29, 0.717) is 17.5 Å². The normalized spacial score (nSPS) is 11.8.